The third-order valence-electron chi connectivity index (χ3n) is 3.26. The molecule has 0 aliphatic rings. The van der Waals surface area contributed by atoms with Crippen molar-refractivity contribution in [2.24, 2.45) is 0 Å². The SMILES string of the molecule is CC(C)(CNC(=O)Cc1ccccc1O)c1cccs1. The van der Waals surface area contributed by atoms with E-state index in [1.165, 1.54) is 4.88 Å². The molecule has 2 rings (SSSR count). The van der Waals surface area contributed by atoms with E-state index in [-0.39, 0.29) is 23.5 Å². The van der Waals surface area contributed by atoms with Gasteiger partial charge in [0, 0.05) is 22.4 Å². The summed E-state index contributed by atoms with van der Waals surface area (Å²) in [6, 6.07) is 11.0. The van der Waals surface area contributed by atoms with Crippen LogP contribution >= 0.6 is 11.3 Å². The number of phenols is 1. The molecule has 0 aliphatic heterocycles. The van der Waals surface area contributed by atoms with Gasteiger partial charge in [0.05, 0.1) is 6.42 Å². The second-order valence-electron chi connectivity index (χ2n) is 5.44. The summed E-state index contributed by atoms with van der Waals surface area (Å²) in [6.07, 6.45) is 0.202. The van der Waals surface area contributed by atoms with Crippen molar-refractivity contribution in [3.63, 3.8) is 0 Å². The first kappa shape index (κ1) is 14.6. The molecule has 2 N–H and O–H groups in total. The van der Waals surface area contributed by atoms with E-state index >= 15 is 0 Å². The first-order chi connectivity index (χ1) is 9.49. The summed E-state index contributed by atoms with van der Waals surface area (Å²) in [4.78, 5) is 13.2. The van der Waals surface area contributed by atoms with E-state index in [9.17, 15) is 9.90 Å². The van der Waals surface area contributed by atoms with E-state index in [1.807, 2.05) is 17.5 Å². The summed E-state index contributed by atoms with van der Waals surface area (Å²) in [5, 5.41) is 14.6. The molecule has 106 valence electrons. The Balaban J connectivity index is 1.91. The number of thiophene rings is 1. The molecule has 0 bridgehead atoms. The van der Waals surface area contributed by atoms with E-state index in [0.717, 1.165) is 0 Å². The van der Waals surface area contributed by atoms with Gasteiger partial charge in [-0.3, -0.25) is 4.79 Å². The molecule has 1 heterocycles. The van der Waals surface area contributed by atoms with Gasteiger partial charge >= 0.3 is 0 Å². The fourth-order valence-electron chi connectivity index (χ4n) is 1.97. The van der Waals surface area contributed by atoms with Crippen LogP contribution in [0.1, 0.15) is 24.3 Å². The zero-order valence-corrected chi connectivity index (χ0v) is 12.5. The molecule has 0 spiro atoms. The van der Waals surface area contributed by atoms with Crippen molar-refractivity contribution >= 4 is 17.2 Å². The Hall–Kier alpha value is -1.81. The summed E-state index contributed by atoms with van der Waals surface area (Å²) >= 11 is 1.70. The quantitative estimate of drug-likeness (QED) is 0.888. The highest BCUT2D eigenvalue weighted by Crippen LogP contribution is 2.26. The van der Waals surface area contributed by atoms with Gasteiger partial charge in [-0.15, -0.1) is 11.3 Å². The lowest BCUT2D eigenvalue weighted by Gasteiger charge is -2.23. The van der Waals surface area contributed by atoms with E-state index in [1.54, 1.807) is 29.5 Å². The summed E-state index contributed by atoms with van der Waals surface area (Å²) in [6.45, 7) is 4.80. The molecular weight excluding hydrogens is 270 g/mol. The predicted molar refractivity (Wildman–Crippen MR) is 82.2 cm³/mol. The number of aromatic hydroxyl groups is 1. The smallest absolute Gasteiger partial charge is 0.224 e. The number of carbonyl (C=O) groups excluding carboxylic acids is 1. The molecule has 4 heteroatoms. The number of carbonyl (C=O) groups is 1. The van der Waals surface area contributed by atoms with Crippen LogP contribution in [0.4, 0.5) is 0 Å². The van der Waals surface area contributed by atoms with Crippen LogP contribution in [0.25, 0.3) is 0 Å². The number of amides is 1. The molecular formula is C16H19NO2S. The minimum atomic E-state index is -0.0808. The van der Waals surface area contributed by atoms with Crippen molar-refractivity contribution in [3.8, 4) is 5.75 Å². The lowest BCUT2D eigenvalue weighted by atomic mass is 9.91. The first-order valence-electron chi connectivity index (χ1n) is 6.56. The molecule has 20 heavy (non-hydrogen) atoms. The fraction of sp³-hybridized carbons (Fsp3) is 0.312. The van der Waals surface area contributed by atoms with E-state index in [4.69, 9.17) is 0 Å². The normalized spacial score (nSPS) is 11.3. The number of phenolic OH excluding ortho intramolecular Hbond substituents is 1. The molecule has 0 radical (unpaired) electrons. The molecule has 1 amide bonds. The number of hydrogen-bond donors (Lipinski definition) is 2. The van der Waals surface area contributed by atoms with Crippen LogP contribution in [0.2, 0.25) is 0 Å². The van der Waals surface area contributed by atoms with Gasteiger partial charge < -0.3 is 10.4 Å². The minimum absolute atomic E-state index is 0.0730. The molecule has 3 nitrogen and oxygen atoms in total. The molecule has 0 saturated carbocycles. The van der Waals surface area contributed by atoms with Crippen molar-refractivity contribution in [1.82, 2.24) is 5.32 Å². The number of benzene rings is 1. The first-order valence-corrected chi connectivity index (χ1v) is 7.44. The van der Waals surface area contributed by atoms with Crippen LogP contribution in [0.15, 0.2) is 41.8 Å². The van der Waals surface area contributed by atoms with E-state index in [2.05, 4.69) is 25.2 Å². The molecule has 2 aromatic rings. The van der Waals surface area contributed by atoms with Crippen LogP contribution in [0.5, 0.6) is 5.75 Å². The van der Waals surface area contributed by atoms with Crippen LogP contribution < -0.4 is 5.32 Å². The molecule has 1 aromatic heterocycles. The highest BCUT2D eigenvalue weighted by molar-refractivity contribution is 7.10. The molecule has 0 atom stereocenters. The average molecular weight is 289 g/mol. The zero-order chi connectivity index (χ0) is 14.6. The Morgan fingerprint density at radius 3 is 2.65 bits per heavy atom. The van der Waals surface area contributed by atoms with Gasteiger partial charge in [0.15, 0.2) is 0 Å². The maximum atomic E-state index is 12.0. The van der Waals surface area contributed by atoms with Crippen LogP contribution in [-0.4, -0.2) is 17.6 Å². The Labute approximate surface area is 123 Å². The van der Waals surface area contributed by atoms with Crippen molar-refractivity contribution in [3.05, 3.63) is 52.2 Å². The van der Waals surface area contributed by atoms with Crippen LogP contribution in [0, 0.1) is 0 Å². The number of hydrogen-bond acceptors (Lipinski definition) is 3. The van der Waals surface area contributed by atoms with Gasteiger partial charge in [0.1, 0.15) is 5.75 Å². The van der Waals surface area contributed by atoms with Gasteiger partial charge in [-0.05, 0) is 17.5 Å². The molecule has 1 aromatic carbocycles. The Kier molecular flexibility index (Phi) is 4.45. The van der Waals surface area contributed by atoms with Gasteiger partial charge in [-0.1, -0.05) is 38.1 Å². The zero-order valence-electron chi connectivity index (χ0n) is 11.7. The Morgan fingerprint density at radius 2 is 2.00 bits per heavy atom. The van der Waals surface area contributed by atoms with Crippen molar-refractivity contribution in [1.29, 1.82) is 0 Å². The summed E-state index contributed by atoms with van der Waals surface area (Å²) in [5.74, 6) is 0.0938. The Morgan fingerprint density at radius 1 is 1.25 bits per heavy atom. The highest BCUT2D eigenvalue weighted by Gasteiger charge is 2.22. The van der Waals surface area contributed by atoms with Gasteiger partial charge in [0.25, 0.3) is 0 Å². The molecule has 0 saturated heterocycles. The number of rotatable bonds is 5. The van der Waals surface area contributed by atoms with E-state index in [0.29, 0.717) is 12.1 Å². The van der Waals surface area contributed by atoms with Crippen molar-refractivity contribution in [2.75, 3.05) is 6.54 Å². The molecule has 0 unspecified atom stereocenters. The average Bonchev–Trinajstić information content (AvgIpc) is 2.94. The second kappa shape index (κ2) is 6.09. The van der Waals surface area contributed by atoms with Gasteiger partial charge in [-0.25, -0.2) is 0 Å². The maximum Gasteiger partial charge on any atom is 0.224 e. The molecule has 0 aliphatic carbocycles. The second-order valence-corrected chi connectivity index (χ2v) is 6.39. The van der Waals surface area contributed by atoms with Gasteiger partial charge in [0.2, 0.25) is 5.91 Å². The summed E-state index contributed by atoms with van der Waals surface area (Å²) < 4.78 is 0. The lowest BCUT2D eigenvalue weighted by molar-refractivity contribution is -0.120. The topological polar surface area (TPSA) is 49.3 Å². The maximum absolute atomic E-state index is 12.0. The minimum Gasteiger partial charge on any atom is -0.508 e. The lowest BCUT2D eigenvalue weighted by Crippen LogP contribution is -2.36. The standard InChI is InChI=1S/C16H19NO2S/c1-16(2,14-8-5-9-20-14)11-17-15(19)10-12-6-3-4-7-13(12)18/h3-9,18H,10-11H2,1-2H3,(H,17,19). The monoisotopic (exact) mass is 289 g/mol. The number of para-hydroxylation sites is 1. The largest absolute Gasteiger partial charge is 0.508 e. The third kappa shape index (κ3) is 3.61. The van der Waals surface area contributed by atoms with Crippen LogP contribution in [-0.2, 0) is 16.6 Å². The number of nitrogens with one attached hydrogen (secondary N) is 1. The summed E-state index contributed by atoms with van der Waals surface area (Å²) in [5.41, 5.74) is 0.571. The highest BCUT2D eigenvalue weighted by atomic mass is 32.1. The Bertz CT molecular complexity index is 576. The van der Waals surface area contributed by atoms with Crippen LogP contribution in [0.3, 0.4) is 0 Å². The predicted octanol–water partition coefficient (Wildman–Crippen LogP) is 3.09. The molecule has 0 fully saturated rings. The summed E-state index contributed by atoms with van der Waals surface area (Å²) in [7, 11) is 0. The fourth-order valence-corrected chi connectivity index (χ4v) is 2.82. The van der Waals surface area contributed by atoms with Crippen molar-refractivity contribution in [2.45, 2.75) is 25.7 Å². The van der Waals surface area contributed by atoms with E-state index < -0.39 is 0 Å². The van der Waals surface area contributed by atoms with Crippen molar-refractivity contribution < 1.29 is 9.90 Å². The third-order valence-corrected chi connectivity index (χ3v) is 4.49. The van der Waals surface area contributed by atoms with Gasteiger partial charge in [-0.2, -0.15) is 0 Å².